The Labute approximate surface area is 129 Å². The molecule has 3 rings (SSSR count). The van der Waals surface area contributed by atoms with Crippen LogP contribution in [0.1, 0.15) is 19.4 Å². The highest BCUT2D eigenvalue weighted by Gasteiger charge is 2.24. The van der Waals surface area contributed by atoms with Crippen molar-refractivity contribution in [2.75, 3.05) is 13.1 Å². The summed E-state index contributed by atoms with van der Waals surface area (Å²) in [5.41, 5.74) is 2.21. The van der Waals surface area contributed by atoms with Crippen LogP contribution in [0.25, 0.3) is 5.69 Å². The number of nitrogens with zero attached hydrogens (tertiary/aromatic N) is 4. The van der Waals surface area contributed by atoms with Crippen LogP contribution in [-0.2, 0) is 6.54 Å². The summed E-state index contributed by atoms with van der Waals surface area (Å²) < 4.78 is 1.78. The highest BCUT2D eigenvalue weighted by Crippen LogP contribution is 2.22. The van der Waals surface area contributed by atoms with E-state index in [9.17, 15) is 0 Å². The van der Waals surface area contributed by atoms with Crippen molar-refractivity contribution in [2.45, 2.75) is 32.5 Å². The summed E-state index contributed by atoms with van der Waals surface area (Å²) in [7, 11) is 0. The minimum Gasteiger partial charge on any atom is -0.311 e. The minimum atomic E-state index is 0.498. The molecule has 0 aliphatic carbocycles. The lowest BCUT2D eigenvalue weighted by molar-refractivity contribution is 0.130. The molecule has 1 N–H and O–H groups in total. The average molecular weight is 306 g/mol. The van der Waals surface area contributed by atoms with Gasteiger partial charge in [-0.1, -0.05) is 17.7 Å². The Morgan fingerprint density at radius 1 is 1.38 bits per heavy atom. The van der Waals surface area contributed by atoms with Gasteiger partial charge in [0.2, 0.25) is 0 Å². The molecule has 0 bridgehead atoms. The van der Waals surface area contributed by atoms with Crippen LogP contribution in [0, 0.1) is 0 Å². The van der Waals surface area contributed by atoms with E-state index in [1.165, 1.54) is 5.56 Å². The van der Waals surface area contributed by atoms with Crippen LogP contribution in [0.5, 0.6) is 0 Å². The van der Waals surface area contributed by atoms with E-state index in [0.29, 0.717) is 17.1 Å². The monoisotopic (exact) mass is 305 g/mol. The molecule has 0 saturated carbocycles. The van der Waals surface area contributed by atoms with E-state index in [1.54, 1.807) is 17.3 Å². The van der Waals surface area contributed by atoms with Gasteiger partial charge in [0.15, 0.2) is 0 Å². The highest BCUT2D eigenvalue weighted by atomic mass is 35.5. The number of halogens is 1. The van der Waals surface area contributed by atoms with Crippen molar-refractivity contribution < 1.29 is 0 Å². The topological polar surface area (TPSA) is 46.0 Å². The SMILES string of the molecule is CC1NCCN(Cc2ccc(Cl)cc2-n2cncn2)C1C. The first-order valence-electron chi connectivity index (χ1n) is 7.26. The molecule has 1 saturated heterocycles. The number of hydrogen-bond donors (Lipinski definition) is 1. The first-order valence-corrected chi connectivity index (χ1v) is 7.64. The largest absolute Gasteiger partial charge is 0.311 e. The summed E-state index contributed by atoms with van der Waals surface area (Å²) in [6.07, 6.45) is 3.25. The quantitative estimate of drug-likeness (QED) is 0.943. The Morgan fingerprint density at radius 2 is 2.24 bits per heavy atom. The lowest BCUT2D eigenvalue weighted by atomic mass is 10.1. The summed E-state index contributed by atoms with van der Waals surface area (Å²) in [5.74, 6) is 0. The molecule has 0 spiro atoms. The van der Waals surface area contributed by atoms with Gasteiger partial charge in [0.25, 0.3) is 0 Å². The van der Waals surface area contributed by atoms with E-state index in [2.05, 4.69) is 40.2 Å². The van der Waals surface area contributed by atoms with Crippen molar-refractivity contribution in [3.8, 4) is 5.69 Å². The predicted octanol–water partition coefficient (Wildman–Crippen LogP) is 2.10. The molecule has 1 aliphatic heterocycles. The standard InChI is InChI=1S/C15H20ClN5/c1-11-12(2)20(6-5-18-11)8-13-3-4-14(16)7-15(13)21-10-17-9-19-21/h3-4,7,9-12,18H,5-6,8H2,1-2H3. The Kier molecular flexibility index (Phi) is 4.24. The fourth-order valence-electron chi connectivity index (χ4n) is 2.78. The van der Waals surface area contributed by atoms with Gasteiger partial charge in [-0.3, -0.25) is 4.90 Å². The van der Waals surface area contributed by atoms with Crippen LogP contribution in [0.15, 0.2) is 30.9 Å². The number of nitrogens with one attached hydrogen (secondary N) is 1. The molecule has 5 nitrogen and oxygen atoms in total. The third kappa shape index (κ3) is 3.10. The third-order valence-electron chi connectivity index (χ3n) is 4.25. The Balaban J connectivity index is 1.88. The van der Waals surface area contributed by atoms with Gasteiger partial charge in [0, 0.05) is 36.7 Å². The third-order valence-corrected chi connectivity index (χ3v) is 4.49. The van der Waals surface area contributed by atoms with Crippen molar-refractivity contribution in [3.05, 3.63) is 41.4 Å². The van der Waals surface area contributed by atoms with E-state index in [-0.39, 0.29) is 0 Å². The van der Waals surface area contributed by atoms with Crippen molar-refractivity contribution >= 4 is 11.6 Å². The number of piperazine rings is 1. The fraction of sp³-hybridized carbons (Fsp3) is 0.467. The molecule has 1 aromatic carbocycles. The number of aromatic nitrogens is 3. The fourth-order valence-corrected chi connectivity index (χ4v) is 2.95. The molecule has 2 unspecified atom stereocenters. The summed E-state index contributed by atoms with van der Waals surface area (Å²) in [6, 6.07) is 6.97. The van der Waals surface area contributed by atoms with Gasteiger partial charge in [-0.05, 0) is 31.5 Å². The normalized spacial score (nSPS) is 23.4. The Morgan fingerprint density at radius 3 is 3.00 bits per heavy atom. The maximum atomic E-state index is 6.14. The number of rotatable bonds is 3. The van der Waals surface area contributed by atoms with Gasteiger partial charge in [0.1, 0.15) is 12.7 Å². The number of hydrogen-bond acceptors (Lipinski definition) is 4. The molecule has 1 fully saturated rings. The number of benzene rings is 1. The molecule has 1 aliphatic rings. The molecule has 0 amide bonds. The highest BCUT2D eigenvalue weighted by molar-refractivity contribution is 6.30. The van der Waals surface area contributed by atoms with E-state index in [4.69, 9.17) is 11.6 Å². The predicted molar refractivity (Wildman–Crippen MR) is 83.7 cm³/mol. The molecular formula is C15H20ClN5. The van der Waals surface area contributed by atoms with Crippen LogP contribution in [0.3, 0.4) is 0 Å². The van der Waals surface area contributed by atoms with Crippen LogP contribution in [0.2, 0.25) is 5.02 Å². The molecule has 112 valence electrons. The van der Waals surface area contributed by atoms with Crippen LogP contribution >= 0.6 is 11.6 Å². The van der Waals surface area contributed by atoms with Gasteiger partial charge >= 0.3 is 0 Å². The zero-order valence-electron chi connectivity index (χ0n) is 12.3. The van der Waals surface area contributed by atoms with Gasteiger partial charge in [0.05, 0.1) is 5.69 Å². The van der Waals surface area contributed by atoms with E-state index in [0.717, 1.165) is 25.3 Å². The smallest absolute Gasteiger partial charge is 0.138 e. The average Bonchev–Trinajstić information content (AvgIpc) is 2.99. The molecule has 2 heterocycles. The minimum absolute atomic E-state index is 0.498. The Bertz CT molecular complexity index is 598. The van der Waals surface area contributed by atoms with Crippen LogP contribution in [0.4, 0.5) is 0 Å². The van der Waals surface area contributed by atoms with Crippen molar-refractivity contribution in [3.63, 3.8) is 0 Å². The van der Waals surface area contributed by atoms with Gasteiger partial charge in [-0.25, -0.2) is 9.67 Å². The zero-order chi connectivity index (χ0) is 14.8. The summed E-state index contributed by atoms with van der Waals surface area (Å²) >= 11 is 6.14. The Hall–Kier alpha value is -1.43. The molecule has 6 heteroatoms. The van der Waals surface area contributed by atoms with Crippen LogP contribution in [-0.4, -0.2) is 44.8 Å². The lowest BCUT2D eigenvalue weighted by Crippen LogP contribution is -2.54. The summed E-state index contributed by atoms with van der Waals surface area (Å²) in [5, 5.41) is 8.45. The molecule has 0 radical (unpaired) electrons. The van der Waals surface area contributed by atoms with Gasteiger partial charge in [-0.15, -0.1) is 0 Å². The summed E-state index contributed by atoms with van der Waals surface area (Å²) in [4.78, 5) is 6.52. The van der Waals surface area contributed by atoms with E-state index >= 15 is 0 Å². The van der Waals surface area contributed by atoms with Gasteiger partial charge in [-0.2, -0.15) is 5.10 Å². The second-order valence-electron chi connectivity index (χ2n) is 5.57. The summed E-state index contributed by atoms with van der Waals surface area (Å²) in [6.45, 7) is 7.46. The maximum Gasteiger partial charge on any atom is 0.138 e. The first-order chi connectivity index (χ1) is 10.1. The van der Waals surface area contributed by atoms with Crippen molar-refractivity contribution in [1.29, 1.82) is 0 Å². The zero-order valence-corrected chi connectivity index (χ0v) is 13.1. The first kappa shape index (κ1) is 14.5. The van der Waals surface area contributed by atoms with Crippen molar-refractivity contribution in [1.82, 2.24) is 25.0 Å². The molecular weight excluding hydrogens is 286 g/mol. The molecule has 2 aromatic rings. The van der Waals surface area contributed by atoms with Crippen molar-refractivity contribution in [2.24, 2.45) is 0 Å². The second kappa shape index (κ2) is 6.13. The van der Waals surface area contributed by atoms with E-state index in [1.807, 2.05) is 12.1 Å². The second-order valence-corrected chi connectivity index (χ2v) is 6.00. The maximum absolute atomic E-state index is 6.14. The molecule has 2 atom stereocenters. The van der Waals surface area contributed by atoms with Gasteiger partial charge < -0.3 is 5.32 Å². The van der Waals surface area contributed by atoms with Crippen LogP contribution < -0.4 is 5.32 Å². The van der Waals surface area contributed by atoms with E-state index < -0.39 is 0 Å². The lowest BCUT2D eigenvalue weighted by Gasteiger charge is -2.38. The molecule has 1 aromatic heterocycles. The molecule has 21 heavy (non-hydrogen) atoms.